The topological polar surface area (TPSA) is 36.4 Å². The minimum atomic E-state index is -4.67. The molecule has 0 fully saturated rings. The molecule has 0 aromatic heterocycles. The zero-order chi connectivity index (χ0) is 34.2. The van der Waals surface area contributed by atoms with Crippen LogP contribution in [0.5, 0.6) is 0 Å². The molecule has 3 nitrogen and oxygen atoms in total. The molecule has 0 aliphatic carbocycles. The summed E-state index contributed by atoms with van der Waals surface area (Å²) in [6.07, 6.45) is 0.896. The van der Waals surface area contributed by atoms with E-state index in [4.69, 9.17) is 12.2 Å². The van der Waals surface area contributed by atoms with Crippen molar-refractivity contribution in [1.29, 1.82) is 0 Å². The number of benzene rings is 2. The van der Waals surface area contributed by atoms with Crippen molar-refractivity contribution >= 4 is 28.6 Å². The number of aliphatic imine (C=N–C) groups is 1. The highest BCUT2D eigenvalue weighted by molar-refractivity contribution is 7.81. The lowest BCUT2D eigenvalue weighted by Gasteiger charge is -2.29. The Morgan fingerprint density at radius 2 is 1.73 bits per heavy atom. The van der Waals surface area contributed by atoms with E-state index in [1.807, 2.05) is 20.0 Å². The first-order valence-corrected chi connectivity index (χ1v) is 14.8. The Labute approximate surface area is 267 Å². The summed E-state index contributed by atoms with van der Waals surface area (Å²) in [5.74, 6) is -3.56. The number of aryl methyl sites for hydroxylation is 1. The highest BCUT2D eigenvalue weighted by atomic mass is 32.1. The Hall–Kier alpha value is -3.50. The molecule has 1 unspecified atom stereocenters. The predicted molar refractivity (Wildman–Crippen MR) is 178 cm³/mol. The molecule has 2 aromatic carbocycles. The van der Waals surface area contributed by atoms with Crippen LogP contribution in [0.15, 0.2) is 89.6 Å². The molecule has 0 spiro atoms. The van der Waals surface area contributed by atoms with Gasteiger partial charge in [-0.3, -0.25) is 4.99 Å². The molecular formula is C35H41F6N3S. The molecule has 0 aliphatic rings. The smallest absolute Gasteiger partial charge is 0.346 e. The number of thiocarbonyl (C=S) groups is 1. The van der Waals surface area contributed by atoms with Gasteiger partial charge in [0.05, 0.1) is 5.71 Å². The lowest BCUT2D eigenvalue weighted by Crippen LogP contribution is -2.24. The Kier molecular flexibility index (Phi) is 13.1. The van der Waals surface area contributed by atoms with Gasteiger partial charge in [-0.15, -0.1) is 0 Å². The van der Waals surface area contributed by atoms with Crippen LogP contribution in [0.1, 0.15) is 62.8 Å². The number of halogens is 6. The molecule has 0 aliphatic heterocycles. The normalized spacial score (nSPS) is 14.6. The minimum Gasteiger partial charge on any atom is -0.346 e. The second-order valence-corrected chi connectivity index (χ2v) is 12.0. The zero-order valence-corrected chi connectivity index (χ0v) is 27.4. The monoisotopic (exact) mass is 649 g/mol. The average Bonchev–Trinajstić information content (AvgIpc) is 2.93. The standard InChI is InChI=1S/C35H41F6N3S/c1-9-43-30(18-24(5)35(39,40)41)27-19-26(34(7,37)38)14-15-29(27)44-32(45)28(22(2)3)21-33(6,16-11-17-42-8)20-25-13-10-12-23(4)31(25)36/h9-10,12-15,18-19,21,42H,1-2,11,16-17,20H2,3-8H3,(H,44,45)/b24-18+,28-21+,43-30?. The van der Waals surface area contributed by atoms with Crippen molar-refractivity contribution in [2.75, 3.05) is 18.9 Å². The Morgan fingerprint density at radius 1 is 1.07 bits per heavy atom. The van der Waals surface area contributed by atoms with Crippen molar-refractivity contribution in [2.45, 2.75) is 66.0 Å². The van der Waals surface area contributed by atoms with E-state index < -0.39 is 28.7 Å². The molecular weight excluding hydrogens is 608 g/mol. The third kappa shape index (κ3) is 10.8. The first-order chi connectivity index (χ1) is 20.8. The summed E-state index contributed by atoms with van der Waals surface area (Å²) in [5.41, 5.74) is 0.126. The summed E-state index contributed by atoms with van der Waals surface area (Å²) >= 11 is 5.78. The molecule has 0 heterocycles. The van der Waals surface area contributed by atoms with Gasteiger partial charge in [-0.05, 0) is 93.9 Å². The van der Waals surface area contributed by atoms with Gasteiger partial charge in [0, 0.05) is 41.1 Å². The largest absolute Gasteiger partial charge is 0.412 e. The number of allylic oxidation sites excluding steroid dienone is 3. The second kappa shape index (κ2) is 15.7. The van der Waals surface area contributed by atoms with Crippen molar-refractivity contribution < 1.29 is 26.3 Å². The van der Waals surface area contributed by atoms with E-state index in [0.717, 1.165) is 38.2 Å². The Morgan fingerprint density at radius 3 is 2.29 bits per heavy atom. The van der Waals surface area contributed by atoms with Crippen molar-refractivity contribution in [3.63, 3.8) is 0 Å². The van der Waals surface area contributed by atoms with E-state index in [0.29, 0.717) is 42.0 Å². The summed E-state index contributed by atoms with van der Waals surface area (Å²) in [6.45, 7) is 15.3. The fourth-order valence-corrected chi connectivity index (χ4v) is 5.13. The predicted octanol–water partition coefficient (Wildman–Crippen LogP) is 10.2. The molecule has 2 rings (SSSR count). The molecule has 1 atom stereocenters. The molecule has 0 amide bonds. The number of nitrogens with one attached hydrogen (secondary N) is 2. The van der Waals surface area contributed by atoms with E-state index in [9.17, 15) is 22.0 Å². The maximum atomic E-state index is 15.1. The van der Waals surface area contributed by atoms with Gasteiger partial charge in [0.2, 0.25) is 0 Å². The molecule has 0 saturated carbocycles. The lowest BCUT2D eigenvalue weighted by molar-refractivity contribution is -0.0912. The van der Waals surface area contributed by atoms with Crippen molar-refractivity contribution in [3.8, 4) is 0 Å². The highest BCUT2D eigenvalue weighted by Crippen LogP contribution is 2.36. The molecule has 0 bridgehead atoms. The maximum absolute atomic E-state index is 15.1. The van der Waals surface area contributed by atoms with Gasteiger partial charge in [-0.1, -0.05) is 62.6 Å². The van der Waals surface area contributed by atoms with Gasteiger partial charge in [-0.25, -0.2) is 13.2 Å². The van der Waals surface area contributed by atoms with Crippen LogP contribution in [0.2, 0.25) is 0 Å². The van der Waals surface area contributed by atoms with Crippen molar-refractivity contribution in [2.24, 2.45) is 10.4 Å². The number of rotatable bonds is 14. The summed E-state index contributed by atoms with van der Waals surface area (Å²) in [4.78, 5) is 4.15. The van der Waals surface area contributed by atoms with Gasteiger partial charge >= 0.3 is 6.18 Å². The molecule has 244 valence electrons. The Bertz CT molecular complexity index is 1500. The Balaban J connectivity index is 2.69. The minimum absolute atomic E-state index is 0.0282. The number of hydrogen-bond donors (Lipinski definition) is 2. The van der Waals surface area contributed by atoms with E-state index in [2.05, 4.69) is 28.8 Å². The van der Waals surface area contributed by atoms with Gasteiger partial charge < -0.3 is 10.6 Å². The lowest BCUT2D eigenvalue weighted by atomic mass is 9.77. The molecule has 2 aromatic rings. The molecule has 0 radical (unpaired) electrons. The second-order valence-electron chi connectivity index (χ2n) is 11.5. The number of alkyl halides is 5. The maximum Gasteiger partial charge on any atom is 0.412 e. The van der Waals surface area contributed by atoms with Crippen LogP contribution in [-0.2, 0) is 12.3 Å². The third-order valence-electron chi connectivity index (χ3n) is 7.32. The van der Waals surface area contributed by atoms with Gasteiger partial charge in [-0.2, -0.15) is 13.2 Å². The average molecular weight is 650 g/mol. The first-order valence-electron chi connectivity index (χ1n) is 14.4. The fraction of sp³-hybridized carbons (Fsp3) is 0.371. The number of hydrogen-bond acceptors (Lipinski definition) is 3. The molecule has 2 N–H and O–H groups in total. The molecule has 0 saturated heterocycles. The van der Waals surface area contributed by atoms with Crippen molar-refractivity contribution in [3.05, 3.63) is 113 Å². The van der Waals surface area contributed by atoms with E-state index in [-0.39, 0.29) is 27.8 Å². The van der Waals surface area contributed by atoms with Crippen LogP contribution >= 0.6 is 12.2 Å². The summed E-state index contributed by atoms with van der Waals surface area (Å²) in [5, 5.41) is 6.16. The zero-order valence-electron chi connectivity index (χ0n) is 26.6. The van der Waals surface area contributed by atoms with Crippen LogP contribution < -0.4 is 10.6 Å². The summed E-state index contributed by atoms with van der Waals surface area (Å²) in [7, 11) is 1.85. The third-order valence-corrected chi connectivity index (χ3v) is 7.64. The quantitative estimate of drug-likeness (QED) is 0.0534. The SMILES string of the molecule is C=CN=C(/C=C(\C)C(F)(F)F)c1cc(C(C)(F)F)ccc1NC(=S)/C(=C/C(C)(CCCNC)Cc1cccc(C)c1F)C(=C)C. The van der Waals surface area contributed by atoms with Crippen LogP contribution in [-0.4, -0.2) is 30.5 Å². The first kappa shape index (κ1) is 37.7. The summed E-state index contributed by atoms with van der Waals surface area (Å²) < 4.78 is 84.2. The molecule has 45 heavy (non-hydrogen) atoms. The van der Waals surface area contributed by atoms with Crippen LogP contribution in [0.3, 0.4) is 0 Å². The van der Waals surface area contributed by atoms with Gasteiger partial charge in [0.1, 0.15) is 10.8 Å². The van der Waals surface area contributed by atoms with E-state index in [1.54, 1.807) is 32.0 Å². The van der Waals surface area contributed by atoms with E-state index in [1.165, 1.54) is 12.1 Å². The van der Waals surface area contributed by atoms with Gasteiger partial charge in [0.25, 0.3) is 5.92 Å². The highest BCUT2D eigenvalue weighted by Gasteiger charge is 2.32. The van der Waals surface area contributed by atoms with Crippen LogP contribution in [0, 0.1) is 18.2 Å². The summed E-state index contributed by atoms with van der Waals surface area (Å²) in [6, 6.07) is 8.84. The fourth-order valence-electron chi connectivity index (χ4n) is 4.79. The number of nitrogens with zero attached hydrogens (tertiary/aromatic N) is 1. The van der Waals surface area contributed by atoms with Crippen LogP contribution in [0.25, 0.3) is 0 Å². The van der Waals surface area contributed by atoms with Crippen LogP contribution in [0.4, 0.5) is 32.0 Å². The van der Waals surface area contributed by atoms with Crippen molar-refractivity contribution in [1.82, 2.24) is 5.32 Å². The van der Waals surface area contributed by atoms with E-state index >= 15 is 4.39 Å². The number of anilines is 1. The molecule has 10 heteroatoms. The van der Waals surface area contributed by atoms with Gasteiger partial charge in [0.15, 0.2) is 0 Å².